The van der Waals surface area contributed by atoms with Gasteiger partial charge in [-0.25, -0.2) is 0 Å². The number of aromatic hydroxyl groups is 1. The summed E-state index contributed by atoms with van der Waals surface area (Å²) in [6.07, 6.45) is 2.88. The standard InChI is InChI=1S/C23H24ClN3O2/c1-3-5-12-27-22(15-8-6-14(4-2)7-9-15)19-20(25-26-21(19)23(27)29)17-13-16(24)10-11-18(17)28/h6-11,13,22,28H,3-5,12H2,1-2H3,(H,25,26). The van der Waals surface area contributed by atoms with E-state index in [1.807, 2.05) is 4.90 Å². The molecule has 1 amide bonds. The van der Waals surface area contributed by atoms with Crippen LogP contribution in [0.15, 0.2) is 42.5 Å². The molecule has 0 fully saturated rings. The summed E-state index contributed by atoms with van der Waals surface area (Å²) < 4.78 is 0. The molecule has 0 bridgehead atoms. The molecule has 0 saturated heterocycles. The molecule has 6 heteroatoms. The van der Waals surface area contributed by atoms with Gasteiger partial charge >= 0.3 is 0 Å². The Morgan fingerprint density at radius 1 is 1.17 bits per heavy atom. The van der Waals surface area contributed by atoms with Crippen molar-refractivity contribution in [3.8, 4) is 17.0 Å². The highest BCUT2D eigenvalue weighted by molar-refractivity contribution is 6.31. The number of aryl methyl sites for hydroxylation is 1. The summed E-state index contributed by atoms with van der Waals surface area (Å²) in [6.45, 7) is 4.90. The molecule has 29 heavy (non-hydrogen) atoms. The number of carbonyl (C=O) groups is 1. The van der Waals surface area contributed by atoms with Crippen LogP contribution in [0.3, 0.4) is 0 Å². The lowest BCUT2D eigenvalue weighted by atomic mass is 9.94. The fourth-order valence-corrected chi connectivity index (χ4v) is 4.11. The Morgan fingerprint density at radius 3 is 2.62 bits per heavy atom. The van der Waals surface area contributed by atoms with Crippen LogP contribution < -0.4 is 0 Å². The number of aromatic amines is 1. The zero-order chi connectivity index (χ0) is 20.5. The van der Waals surface area contributed by atoms with Crippen molar-refractivity contribution in [3.05, 3.63) is 69.9 Å². The molecule has 0 saturated carbocycles. The molecule has 3 aromatic rings. The van der Waals surface area contributed by atoms with E-state index in [-0.39, 0.29) is 17.7 Å². The van der Waals surface area contributed by atoms with Gasteiger partial charge in [0, 0.05) is 22.7 Å². The number of carbonyl (C=O) groups excluding carboxylic acids is 1. The van der Waals surface area contributed by atoms with E-state index in [0.29, 0.717) is 28.5 Å². The van der Waals surface area contributed by atoms with Crippen LogP contribution in [0.4, 0.5) is 0 Å². The first kappa shape index (κ1) is 19.5. The fourth-order valence-electron chi connectivity index (χ4n) is 3.94. The van der Waals surface area contributed by atoms with E-state index in [0.717, 1.165) is 30.4 Å². The lowest BCUT2D eigenvalue weighted by Crippen LogP contribution is -2.30. The number of amides is 1. The van der Waals surface area contributed by atoms with E-state index in [1.165, 1.54) is 5.56 Å². The number of nitrogens with zero attached hydrogens (tertiary/aromatic N) is 2. The molecule has 1 aromatic heterocycles. The zero-order valence-electron chi connectivity index (χ0n) is 16.6. The molecule has 150 valence electrons. The third-order valence-electron chi connectivity index (χ3n) is 5.53. The number of rotatable bonds is 6. The van der Waals surface area contributed by atoms with Gasteiger partial charge in [-0.1, -0.05) is 56.1 Å². The van der Waals surface area contributed by atoms with Gasteiger partial charge in [-0.3, -0.25) is 9.89 Å². The summed E-state index contributed by atoms with van der Waals surface area (Å²) in [4.78, 5) is 15.1. The van der Waals surface area contributed by atoms with Gasteiger partial charge in [0.1, 0.15) is 17.1 Å². The van der Waals surface area contributed by atoms with Crippen molar-refractivity contribution in [2.75, 3.05) is 6.54 Å². The summed E-state index contributed by atoms with van der Waals surface area (Å²) in [6, 6.07) is 13.0. The molecule has 0 spiro atoms. The summed E-state index contributed by atoms with van der Waals surface area (Å²) in [7, 11) is 0. The van der Waals surface area contributed by atoms with E-state index in [2.05, 4.69) is 48.3 Å². The number of fused-ring (bicyclic) bond motifs is 1. The van der Waals surface area contributed by atoms with E-state index in [4.69, 9.17) is 11.6 Å². The minimum absolute atomic E-state index is 0.0571. The van der Waals surface area contributed by atoms with E-state index in [9.17, 15) is 9.90 Å². The monoisotopic (exact) mass is 409 g/mol. The minimum atomic E-state index is -0.248. The second-order valence-electron chi connectivity index (χ2n) is 7.37. The van der Waals surface area contributed by atoms with Crippen LogP contribution >= 0.6 is 11.6 Å². The maximum Gasteiger partial charge on any atom is 0.273 e. The van der Waals surface area contributed by atoms with Crippen molar-refractivity contribution in [3.63, 3.8) is 0 Å². The third kappa shape index (κ3) is 3.40. The second-order valence-corrected chi connectivity index (χ2v) is 7.81. The topological polar surface area (TPSA) is 69.2 Å². The van der Waals surface area contributed by atoms with Gasteiger partial charge in [0.25, 0.3) is 5.91 Å². The van der Waals surface area contributed by atoms with Gasteiger partial charge in [0.2, 0.25) is 0 Å². The molecular weight excluding hydrogens is 386 g/mol. The molecule has 0 aliphatic carbocycles. The average Bonchev–Trinajstić information content (AvgIpc) is 3.27. The summed E-state index contributed by atoms with van der Waals surface area (Å²) >= 11 is 6.17. The zero-order valence-corrected chi connectivity index (χ0v) is 17.3. The van der Waals surface area contributed by atoms with Crippen molar-refractivity contribution in [1.82, 2.24) is 15.1 Å². The highest BCUT2D eigenvalue weighted by Crippen LogP contribution is 2.45. The molecule has 5 nitrogen and oxygen atoms in total. The molecule has 2 heterocycles. The van der Waals surface area contributed by atoms with Gasteiger partial charge in [-0.05, 0) is 42.2 Å². The SMILES string of the molecule is CCCCN1C(=O)c2[nH]nc(-c3cc(Cl)ccc3O)c2C1c1ccc(CC)cc1. The smallest absolute Gasteiger partial charge is 0.273 e. The van der Waals surface area contributed by atoms with E-state index < -0.39 is 0 Å². The number of aromatic nitrogens is 2. The number of unbranched alkanes of at least 4 members (excludes halogenated alkanes) is 1. The number of hydrogen-bond acceptors (Lipinski definition) is 3. The Kier molecular flexibility index (Phi) is 5.33. The van der Waals surface area contributed by atoms with Crippen LogP contribution in [0.25, 0.3) is 11.3 Å². The third-order valence-corrected chi connectivity index (χ3v) is 5.77. The van der Waals surface area contributed by atoms with Crippen molar-refractivity contribution >= 4 is 17.5 Å². The number of phenolic OH excluding ortho intramolecular Hbond substituents is 1. The molecule has 1 aliphatic rings. The number of H-pyrrole nitrogens is 1. The summed E-state index contributed by atoms with van der Waals surface area (Å²) in [5.74, 6) is 0.0292. The summed E-state index contributed by atoms with van der Waals surface area (Å²) in [5.41, 5.74) is 4.66. The molecule has 1 aliphatic heterocycles. The van der Waals surface area contributed by atoms with Crippen molar-refractivity contribution < 1.29 is 9.90 Å². The Bertz CT molecular complexity index is 1040. The highest BCUT2D eigenvalue weighted by Gasteiger charge is 2.42. The first-order chi connectivity index (χ1) is 14.0. The highest BCUT2D eigenvalue weighted by atomic mass is 35.5. The van der Waals surface area contributed by atoms with Crippen LogP contribution in [-0.4, -0.2) is 32.7 Å². The molecule has 4 rings (SSSR count). The number of halogens is 1. The molecule has 2 aromatic carbocycles. The quantitative estimate of drug-likeness (QED) is 0.577. The normalized spacial score (nSPS) is 15.8. The number of hydrogen-bond donors (Lipinski definition) is 2. The molecular formula is C23H24ClN3O2. The average molecular weight is 410 g/mol. The van der Waals surface area contributed by atoms with Gasteiger partial charge in [-0.2, -0.15) is 5.10 Å². The van der Waals surface area contributed by atoms with Crippen LogP contribution in [0.2, 0.25) is 5.02 Å². The van der Waals surface area contributed by atoms with Gasteiger partial charge in [0.05, 0.1) is 6.04 Å². The first-order valence-corrected chi connectivity index (χ1v) is 10.4. The minimum Gasteiger partial charge on any atom is -0.507 e. The number of nitrogens with one attached hydrogen (secondary N) is 1. The van der Waals surface area contributed by atoms with Gasteiger partial charge in [-0.15, -0.1) is 0 Å². The lowest BCUT2D eigenvalue weighted by molar-refractivity contribution is 0.0741. The first-order valence-electron chi connectivity index (χ1n) is 10.0. The molecule has 1 unspecified atom stereocenters. The lowest BCUT2D eigenvalue weighted by Gasteiger charge is -2.26. The second kappa shape index (κ2) is 7.91. The van der Waals surface area contributed by atoms with Crippen LogP contribution in [0.1, 0.15) is 59.9 Å². The summed E-state index contributed by atoms with van der Waals surface area (Å²) in [5, 5.41) is 18.2. The number of benzene rings is 2. The predicted octanol–water partition coefficient (Wildman–Crippen LogP) is 5.34. The van der Waals surface area contributed by atoms with Gasteiger partial charge in [0.15, 0.2) is 0 Å². The van der Waals surface area contributed by atoms with E-state index >= 15 is 0 Å². The Hall–Kier alpha value is -2.79. The predicted molar refractivity (Wildman–Crippen MR) is 114 cm³/mol. The molecule has 1 atom stereocenters. The molecule has 2 N–H and O–H groups in total. The van der Waals surface area contributed by atoms with Crippen molar-refractivity contribution in [1.29, 1.82) is 0 Å². The maximum absolute atomic E-state index is 13.2. The largest absolute Gasteiger partial charge is 0.507 e. The Labute approximate surface area is 175 Å². The van der Waals surface area contributed by atoms with Crippen molar-refractivity contribution in [2.45, 2.75) is 39.2 Å². The fraction of sp³-hybridized carbons (Fsp3) is 0.304. The Balaban J connectivity index is 1.87. The Morgan fingerprint density at radius 2 is 1.93 bits per heavy atom. The van der Waals surface area contributed by atoms with Crippen LogP contribution in [0.5, 0.6) is 5.75 Å². The van der Waals surface area contributed by atoms with E-state index in [1.54, 1.807) is 18.2 Å². The van der Waals surface area contributed by atoms with Crippen LogP contribution in [0, 0.1) is 0 Å². The molecule has 0 radical (unpaired) electrons. The van der Waals surface area contributed by atoms with Gasteiger partial charge < -0.3 is 10.0 Å². The van der Waals surface area contributed by atoms with Crippen molar-refractivity contribution in [2.24, 2.45) is 0 Å². The maximum atomic E-state index is 13.2. The van der Waals surface area contributed by atoms with Crippen LogP contribution in [-0.2, 0) is 6.42 Å². The number of phenols is 1.